The molecule has 0 spiro atoms. The van der Waals surface area contributed by atoms with Gasteiger partial charge in [-0.3, -0.25) is 4.79 Å². The third kappa shape index (κ3) is 4.54. The van der Waals surface area contributed by atoms with Gasteiger partial charge in [-0.25, -0.2) is 4.79 Å². The Morgan fingerprint density at radius 3 is 2.31 bits per heavy atom. The summed E-state index contributed by atoms with van der Waals surface area (Å²) < 4.78 is 32.7. The molecular weight excluding hydrogens is 226 g/mol. The van der Waals surface area contributed by atoms with Crippen molar-refractivity contribution in [2.75, 3.05) is 6.61 Å². The summed E-state index contributed by atoms with van der Waals surface area (Å²) >= 11 is 0. The highest BCUT2D eigenvalue weighted by atomic mass is 19.3. The topological polar surface area (TPSA) is 72.8 Å². The number of carbonyl (C=O) groups is 2. The fourth-order valence-electron chi connectivity index (χ4n) is 0.653. The SMILES string of the molecule is CCOC(=O)C(=COC(C)=O)C(O)=C(F)F. The molecule has 5 nitrogen and oxygen atoms in total. The van der Waals surface area contributed by atoms with Crippen LogP contribution in [0.1, 0.15) is 13.8 Å². The smallest absolute Gasteiger partial charge is 0.345 e. The van der Waals surface area contributed by atoms with Crippen LogP contribution in [0.3, 0.4) is 0 Å². The maximum atomic E-state index is 12.0. The highest BCUT2D eigenvalue weighted by Gasteiger charge is 2.21. The van der Waals surface area contributed by atoms with E-state index in [0.29, 0.717) is 6.26 Å². The lowest BCUT2D eigenvalue weighted by molar-refractivity contribution is -0.139. The van der Waals surface area contributed by atoms with Crippen molar-refractivity contribution >= 4 is 11.9 Å². The van der Waals surface area contributed by atoms with Gasteiger partial charge in [0.25, 0.3) is 0 Å². The van der Waals surface area contributed by atoms with Gasteiger partial charge in [0, 0.05) is 6.92 Å². The zero-order valence-electron chi connectivity index (χ0n) is 8.62. The number of ether oxygens (including phenoxy) is 2. The summed E-state index contributed by atoms with van der Waals surface area (Å²) in [5.74, 6) is -3.62. The van der Waals surface area contributed by atoms with Crippen molar-refractivity contribution in [1.29, 1.82) is 0 Å². The third-order valence-corrected chi connectivity index (χ3v) is 1.27. The first-order valence-electron chi connectivity index (χ1n) is 4.19. The Hall–Kier alpha value is -1.92. The van der Waals surface area contributed by atoms with E-state index in [2.05, 4.69) is 9.47 Å². The van der Waals surface area contributed by atoms with Gasteiger partial charge in [0.05, 0.1) is 6.61 Å². The van der Waals surface area contributed by atoms with Gasteiger partial charge in [0.15, 0.2) is 5.76 Å². The minimum absolute atomic E-state index is 0.0720. The zero-order chi connectivity index (χ0) is 12.7. The molecule has 0 rings (SSSR count). The minimum Gasteiger partial charge on any atom is -0.502 e. The molecule has 0 bridgehead atoms. The van der Waals surface area contributed by atoms with Gasteiger partial charge in [-0.2, -0.15) is 8.78 Å². The highest BCUT2D eigenvalue weighted by Crippen LogP contribution is 2.16. The van der Waals surface area contributed by atoms with Gasteiger partial charge in [-0.15, -0.1) is 0 Å². The van der Waals surface area contributed by atoms with Crippen molar-refractivity contribution in [2.24, 2.45) is 0 Å². The lowest BCUT2D eigenvalue weighted by Gasteiger charge is -2.04. The van der Waals surface area contributed by atoms with Crippen LogP contribution >= 0.6 is 0 Å². The molecule has 1 N–H and O–H groups in total. The summed E-state index contributed by atoms with van der Waals surface area (Å²) in [6.45, 7) is 2.39. The number of halogens is 2. The van der Waals surface area contributed by atoms with Crippen LogP contribution < -0.4 is 0 Å². The van der Waals surface area contributed by atoms with Crippen LogP contribution in [-0.4, -0.2) is 23.7 Å². The van der Waals surface area contributed by atoms with Crippen LogP contribution in [0, 0.1) is 0 Å². The van der Waals surface area contributed by atoms with Gasteiger partial charge in [0.2, 0.25) is 0 Å². The number of hydrogen-bond donors (Lipinski definition) is 1. The molecule has 0 amide bonds. The highest BCUT2D eigenvalue weighted by molar-refractivity contribution is 5.92. The molecule has 90 valence electrons. The molecule has 0 atom stereocenters. The first-order valence-corrected chi connectivity index (χ1v) is 4.19. The molecule has 16 heavy (non-hydrogen) atoms. The van der Waals surface area contributed by atoms with Gasteiger partial charge in [-0.1, -0.05) is 0 Å². The summed E-state index contributed by atoms with van der Waals surface area (Å²) in [4.78, 5) is 21.5. The Balaban J connectivity index is 5.06. The number of aliphatic hydroxyl groups is 1. The van der Waals surface area contributed by atoms with E-state index >= 15 is 0 Å². The summed E-state index contributed by atoms with van der Waals surface area (Å²) in [5, 5.41) is 8.87. The van der Waals surface area contributed by atoms with E-state index in [9.17, 15) is 18.4 Å². The maximum absolute atomic E-state index is 12.0. The number of rotatable bonds is 4. The van der Waals surface area contributed by atoms with Crippen LogP contribution in [0.4, 0.5) is 8.78 Å². The standard InChI is InChI=1S/C9H10F2O5/c1-3-15-9(14)6(4-16-5(2)12)7(13)8(10)11/h4,13H,3H2,1-2H3. The van der Waals surface area contributed by atoms with Crippen molar-refractivity contribution < 1.29 is 33.0 Å². The van der Waals surface area contributed by atoms with E-state index in [1.165, 1.54) is 6.92 Å². The number of hydrogen-bond acceptors (Lipinski definition) is 5. The molecule has 0 aromatic rings. The zero-order valence-corrected chi connectivity index (χ0v) is 8.62. The second kappa shape index (κ2) is 6.54. The summed E-state index contributed by atoms with van der Waals surface area (Å²) in [6, 6.07) is 0. The first kappa shape index (κ1) is 14.1. The van der Waals surface area contributed by atoms with Crippen molar-refractivity contribution in [2.45, 2.75) is 13.8 Å². The number of esters is 2. The molecule has 0 radical (unpaired) electrons. The first-order chi connectivity index (χ1) is 7.40. The molecule has 0 aromatic carbocycles. The van der Waals surface area contributed by atoms with Crippen LogP contribution in [0.5, 0.6) is 0 Å². The Kier molecular flexibility index (Phi) is 5.76. The fraction of sp³-hybridized carbons (Fsp3) is 0.333. The van der Waals surface area contributed by atoms with Gasteiger partial charge >= 0.3 is 18.0 Å². The Morgan fingerprint density at radius 1 is 1.38 bits per heavy atom. The Morgan fingerprint density at radius 2 is 1.94 bits per heavy atom. The average Bonchev–Trinajstić information content (AvgIpc) is 2.17. The van der Waals surface area contributed by atoms with E-state index in [-0.39, 0.29) is 6.61 Å². The molecule has 0 saturated heterocycles. The summed E-state index contributed by atoms with van der Waals surface area (Å²) in [7, 11) is 0. The largest absolute Gasteiger partial charge is 0.502 e. The lowest BCUT2D eigenvalue weighted by Crippen LogP contribution is -2.11. The molecular formula is C9H10F2O5. The predicted molar refractivity (Wildman–Crippen MR) is 48.4 cm³/mol. The van der Waals surface area contributed by atoms with Crippen LogP contribution in [0.2, 0.25) is 0 Å². The van der Waals surface area contributed by atoms with Crippen LogP contribution in [0.15, 0.2) is 23.7 Å². The molecule has 0 aliphatic carbocycles. The van der Waals surface area contributed by atoms with Crippen LogP contribution in [-0.2, 0) is 19.1 Å². The summed E-state index contributed by atoms with van der Waals surface area (Å²) in [6.07, 6.45) is -2.07. The molecule has 0 aromatic heterocycles. The molecule has 7 heteroatoms. The van der Waals surface area contributed by atoms with Crippen molar-refractivity contribution in [3.8, 4) is 0 Å². The predicted octanol–water partition coefficient (Wildman–Crippen LogP) is 1.66. The van der Waals surface area contributed by atoms with E-state index in [1.807, 2.05) is 0 Å². The molecule has 0 aliphatic heterocycles. The molecule has 0 unspecified atom stereocenters. The molecule has 0 aliphatic rings. The Labute approximate surface area is 90.0 Å². The Bertz CT molecular complexity index is 342. The van der Waals surface area contributed by atoms with E-state index < -0.39 is 29.4 Å². The third-order valence-electron chi connectivity index (χ3n) is 1.27. The minimum atomic E-state index is -2.48. The van der Waals surface area contributed by atoms with Gasteiger partial charge < -0.3 is 14.6 Å². The second-order valence-corrected chi connectivity index (χ2v) is 2.47. The quantitative estimate of drug-likeness (QED) is 0.348. The van der Waals surface area contributed by atoms with Crippen molar-refractivity contribution in [3.63, 3.8) is 0 Å². The summed E-state index contributed by atoms with van der Waals surface area (Å²) in [5.41, 5.74) is -0.919. The molecule has 0 saturated carbocycles. The second-order valence-electron chi connectivity index (χ2n) is 2.47. The molecule has 0 heterocycles. The van der Waals surface area contributed by atoms with Gasteiger partial charge in [0.1, 0.15) is 11.8 Å². The van der Waals surface area contributed by atoms with Crippen LogP contribution in [0.25, 0.3) is 0 Å². The van der Waals surface area contributed by atoms with E-state index in [1.54, 1.807) is 0 Å². The monoisotopic (exact) mass is 236 g/mol. The van der Waals surface area contributed by atoms with E-state index in [4.69, 9.17) is 5.11 Å². The van der Waals surface area contributed by atoms with Crippen molar-refractivity contribution in [3.05, 3.63) is 23.7 Å². The van der Waals surface area contributed by atoms with Gasteiger partial charge in [-0.05, 0) is 6.92 Å². The normalized spacial score (nSPS) is 10.6. The number of carbonyl (C=O) groups excluding carboxylic acids is 2. The van der Waals surface area contributed by atoms with E-state index in [0.717, 1.165) is 6.92 Å². The number of aliphatic hydroxyl groups excluding tert-OH is 1. The lowest BCUT2D eigenvalue weighted by atomic mass is 10.2. The molecule has 0 fully saturated rings. The van der Waals surface area contributed by atoms with Crippen molar-refractivity contribution in [1.82, 2.24) is 0 Å². The maximum Gasteiger partial charge on any atom is 0.345 e. The average molecular weight is 236 g/mol. The fourth-order valence-corrected chi connectivity index (χ4v) is 0.653.